The van der Waals surface area contributed by atoms with Gasteiger partial charge in [0.1, 0.15) is 12.1 Å². The van der Waals surface area contributed by atoms with Crippen LogP contribution in [0.2, 0.25) is 0 Å². The molecule has 16 heavy (non-hydrogen) atoms. The number of furan rings is 1. The number of nitrogens with one attached hydrogen (secondary N) is 1. The van der Waals surface area contributed by atoms with E-state index in [9.17, 15) is 4.79 Å². The van der Waals surface area contributed by atoms with Crippen molar-refractivity contribution in [1.29, 1.82) is 0 Å². The van der Waals surface area contributed by atoms with Gasteiger partial charge in [-0.3, -0.25) is 4.79 Å². The van der Waals surface area contributed by atoms with E-state index >= 15 is 0 Å². The first-order chi connectivity index (χ1) is 7.47. The zero-order valence-corrected chi connectivity index (χ0v) is 9.57. The zero-order chi connectivity index (χ0) is 11.8. The van der Waals surface area contributed by atoms with Crippen LogP contribution in [0.4, 0.5) is 0 Å². The van der Waals surface area contributed by atoms with Crippen LogP contribution >= 0.6 is 0 Å². The van der Waals surface area contributed by atoms with Crippen LogP contribution in [0.15, 0.2) is 33.9 Å². The standard InChI is InChI=1S/C12H14N2O2/c1-12(2,3)9-6-10(15)14-11(13-9)8-4-5-16-7-8/h4-7H,1-3H3,(H,13,14,15). The van der Waals surface area contributed by atoms with Gasteiger partial charge in [-0.25, -0.2) is 4.98 Å². The highest BCUT2D eigenvalue weighted by Crippen LogP contribution is 2.21. The average molecular weight is 218 g/mol. The van der Waals surface area contributed by atoms with Crippen molar-refractivity contribution in [2.75, 3.05) is 0 Å². The molecule has 2 aromatic heterocycles. The topological polar surface area (TPSA) is 58.9 Å². The molecule has 0 saturated carbocycles. The van der Waals surface area contributed by atoms with Crippen molar-refractivity contribution < 1.29 is 4.42 Å². The van der Waals surface area contributed by atoms with Crippen molar-refractivity contribution in [3.63, 3.8) is 0 Å². The minimum atomic E-state index is -0.146. The van der Waals surface area contributed by atoms with Crippen molar-refractivity contribution in [2.24, 2.45) is 0 Å². The van der Waals surface area contributed by atoms with E-state index in [4.69, 9.17) is 4.42 Å². The fourth-order valence-electron chi connectivity index (χ4n) is 1.38. The Morgan fingerprint density at radius 1 is 1.38 bits per heavy atom. The summed E-state index contributed by atoms with van der Waals surface area (Å²) in [5, 5.41) is 0. The molecule has 0 aliphatic carbocycles. The lowest BCUT2D eigenvalue weighted by molar-refractivity contribution is 0.563. The summed E-state index contributed by atoms with van der Waals surface area (Å²) in [6.45, 7) is 6.07. The van der Waals surface area contributed by atoms with Crippen LogP contribution in [-0.4, -0.2) is 9.97 Å². The molecule has 0 atom stereocenters. The Labute approximate surface area is 93.3 Å². The summed E-state index contributed by atoms with van der Waals surface area (Å²) in [6.07, 6.45) is 3.11. The van der Waals surface area contributed by atoms with Crippen LogP contribution in [0, 0.1) is 0 Å². The van der Waals surface area contributed by atoms with Gasteiger partial charge in [-0.1, -0.05) is 20.8 Å². The zero-order valence-electron chi connectivity index (χ0n) is 9.57. The van der Waals surface area contributed by atoms with Gasteiger partial charge in [0, 0.05) is 11.5 Å². The molecule has 4 heteroatoms. The van der Waals surface area contributed by atoms with E-state index in [2.05, 4.69) is 9.97 Å². The van der Waals surface area contributed by atoms with Crippen molar-refractivity contribution in [3.8, 4) is 11.4 Å². The number of nitrogens with zero attached hydrogens (tertiary/aromatic N) is 1. The Balaban J connectivity index is 2.57. The summed E-state index contributed by atoms with van der Waals surface area (Å²) in [5.74, 6) is 0.547. The third kappa shape index (κ3) is 2.05. The Hall–Kier alpha value is -1.84. The van der Waals surface area contributed by atoms with E-state index in [0.29, 0.717) is 5.82 Å². The van der Waals surface area contributed by atoms with Crippen LogP contribution in [0.5, 0.6) is 0 Å². The molecule has 84 valence electrons. The average Bonchev–Trinajstić information content (AvgIpc) is 2.68. The highest BCUT2D eigenvalue weighted by atomic mass is 16.3. The first-order valence-corrected chi connectivity index (χ1v) is 5.11. The summed E-state index contributed by atoms with van der Waals surface area (Å²) >= 11 is 0. The molecule has 1 N–H and O–H groups in total. The number of rotatable bonds is 1. The van der Waals surface area contributed by atoms with Crippen LogP contribution in [-0.2, 0) is 5.41 Å². The number of hydrogen-bond donors (Lipinski definition) is 1. The van der Waals surface area contributed by atoms with E-state index < -0.39 is 0 Å². The van der Waals surface area contributed by atoms with E-state index in [1.807, 2.05) is 20.8 Å². The van der Waals surface area contributed by atoms with Crippen LogP contribution in [0.3, 0.4) is 0 Å². The second-order valence-corrected chi connectivity index (χ2v) is 4.74. The number of hydrogen-bond acceptors (Lipinski definition) is 3. The minimum Gasteiger partial charge on any atom is -0.472 e. The predicted octanol–water partition coefficient (Wildman–Crippen LogP) is 2.33. The summed E-state index contributed by atoms with van der Waals surface area (Å²) in [6, 6.07) is 3.30. The summed E-state index contributed by atoms with van der Waals surface area (Å²) in [5.41, 5.74) is 1.26. The van der Waals surface area contributed by atoms with Gasteiger partial charge < -0.3 is 9.40 Å². The van der Waals surface area contributed by atoms with Crippen molar-refractivity contribution in [3.05, 3.63) is 40.7 Å². The van der Waals surface area contributed by atoms with Gasteiger partial charge in [-0.2, -0.15) is 0 Å². The first kappa shape index (κ1) is 10.7. The fourth-order valence-corrected chi connectivity index (χ4v) is 1.38. The molecule has 0 aliphatic heterocycles. The molecule has 0 spiro atoms. The molecule has 0 bridgehead atoms. The lowest BCUT2D eigenvalue weighted by Crippen LogP contribution is -2.19. The maximum atomic E-state index is 11.5. The lowest BCUT2D eigenvalue weighted by atomic mass is 9.92. The highest BCUT2D eigenvalue weighted by molar-refractivity contribution is 5.52. The monoisotopic (exact) mass is 218 g/mol. The van der Waals surface area contributed by atoms with E-state index in [-0.39, 0.29) is 11.0 Å². The number of aromatic amines is 1. The summed E-state index contributed by atoms with van der Waals surface area (Å²) in [7, 11) is 0. The normalized spacial score (nSPS) is 11.7. The van der Waals surface area contributed by atoms with Crippen LogP contribution in [0.25, 0.3) is 11.4 Å². The maximum Gasteiger partial charge on any atom is 0.251 e. The van der Waals surface area contributed by atoms with Gasteiger partial charge in [-0.05, 0) is 6.07 Å². The first-order valence-electron chi connectivity index (χ1n) is 5.11. The van der Waals surface area contributed by atoms with Crippen molar-refractivity contribution >= 4 is 0 Å². The molecule has 2 rings (SSSR count). The van der Waals surface area contributed by atoms with Gasteiger partial charge in [0.05, 0.1) is 17.5 Å². The maximum absolute atomic E-state index is 11.5. The van der Waals surface area contributed by atoms with Gasteiger partial charge in [0.2, 0.25) is 0 Å². The smallest absolute Gasteiger partial charge is 0.251 e. The Kier molecular flexibility index (Phi) is 2.42. The summed E-state index contributed by atoms with van der Waals surface area (Å²) in [4.78, 5) is 18.7. The Morgan fingerprint density at radius 2 is 2.12 bits per heavy atom. The minimum absolute atomic E-state index is 0.142. The van der Waals surface area contributed by atoms with Gasteiger partial charge in [-0.15, -0.1) is 0 Å². The summed E-state index contributed by atoms with van der Waals surface area (Å²) < 4.78 is 4.97. The molecule has 0 aliphatic rings. The third-order valence-corrected chi connectivity index (χ3v) is 2.30. The lowest BCUT2D eigenvalue weighted by Gasteiger charge is -2.17. The van der Waals surface area contributed by atoms with Gasteiger partial charge in [0.25, 0.3) is 5.56 Å². The van der Waals surface area contributed by atoms with E-state index in [1.54, 1.807) is 18.6 Å². The molecule has 0 radical (unpaired) electrons. The Bertz CT molecular complexity index is 533. The van der Waals surface area contributed by atoms with Gasteiger partial charge in [0.15, 0.2) is 0 Å². The molecule has 0 saturated heterocycles. The number of H-pyrrole nitrogens is 1. The van der Waals surface area contributed by atoms with E-state index in [0.717, 1.165) is 11.3 Å². The van der Waals surface area contributed by atoms with Crippen molar-refractivity contribution in [1.82, 2.24) is 9.97 Å². The Morgan fingerprint density at radius 3 is 2.69 bits per heavy atom. The van der Waals surface area contributed by atoms with Crippen molar-refractivity contribution in [2.45, 2.75) is 26.2 Å². The second kappa shape index (κ2) is 3.63. The fraction of sp³-hybridized carbons (Fsp3) is 0.333. The molecular formula is C12H14N2O2. The third-order valence-electron chi connectivity index (χ3n) is 2.30. The highest BCUT2D eigenvalue weighted by Gasteiger charge is 2.17. The van der Waals surface area contributed by atoms with E-state index in [1.165, 1.54) is 6.07 Å². The molecule has 0 amide bonds. The predicted molar refractivity (Wildman–Crippen MR) is 61.3 cm³/mol. The largest absolute Gasteiger partial charge is 0.472 e. The van der Waals surface area contributed by atoms with Gasteiger partial charge >= 0.3 is 0 Å². The SMILES string of the molecule is CC(C)(C)c1cc(=O)[nH]c(-c2ccoc2)n1. The van der Waals surface area contributed by atoms with Crippen LogP contribution in [0.1, 0.15) is 26.5 Å². The second-order valence-electron chi connectivity index (χ2n) is 4.74. The molecular weight excluding hydrogens is 204 g/mol. The molecule has 4 nitrogen and oxygen atoms in total. The number of aromatic nitrogens is 2. The molecule has 0 fully saturated rings. The molecule has 0 unspecified atom stereocenters. The molecule has 2 heterocycles. The quantitative estimate of drug-likeness (QED) is 0.799. The van der Waals surface area contributed by atoms with Crippen LogP contribution < -0.4 is 5.56 Å². The molecule has 2 aromatic rings. The molecule has 0 aromatic carbocycles.